The van der Waals surface area contributed by atoms with E-state index in [9.17, 15) is 9.90 Å². The fraction of sp³-hybridized carbons (Fsp3) is 0.200. The van der Waals surface area contributed by atoms with Crippen molar-refractivity contribution in [1.29, 1.82) is 0 Å². The maximum absolute atomic E-state index is 11.6. The van der Waals surface area contributed by atoms with Crippen LogP contribution in [0.3, 0.4) is 0 Å². The fourth-order valence-electron chi connectivity index (χ4n) is 2.68. The maximum Gasteiger partial charge on any atom is 0.118 e. The second kappa shape index (κ2) is 6.32. The van der Waals surface area contributed by atoms with Crippen LogP contribution in [-0.4, -0.2) is 18.1 Å². The Morgan fingerprint density at radius 2 is 1.79 bits per heavy atom. The lowest BCUT2D eigenvalue weighted by atomic mass is 9.97. The smallest absolute Gasteiger partial charge is 0.118 e. The number of nitrogens with zero attached hydrogens (tertiary/aromatic N) is 1. The molecule has 0 aliphatic heterocycles. The zero-order valence-electron chi connectivity index (χ0n) is 13.9. The first kappa shape index (κ1) is 16.0. The lowest BCUT2D eigenvalue weighted by Gasteiger charge is -2.13. The molecule has 1 aromatic heterocycles. The number of fused-ring (bicyclic) bond motifs is 1. The summed E-state index contributed by atoms with van der Waals surface area (Å²) < 4.78 is 5.15. The lowest BCUT2D eigenvalue weighted by molar-refractivity contribution is -0.254. The van der Waals surface area contributed by atoms with Gasteiger partial charge >= 0.3 is 0 Å². The van der Waals surface area contributed by atoms with Crippen LogP contribution in [0, 0.1) is 0 Å². The predicted octanol–water partition coefficient (Wildman–Crippen LogP) is 3.40. The number of benzene rings is 2. The highest BCUT2D eigenvalue weighted by atomic mass is 16.5. The zero-order valence-corrected chi connectivity index (χ0v) is 13.9. The van der Waals surface area contributed by atoms with Crippen LogP contribution in [0.15, 0.2) is 48.5 Å². The molecule has 3 aromatic rings. The van der Waals surface area contributed by atoms with Crippen molar-refractivity contribution in [1.82, 2.24) is 4.98 Å². The largest absolute Gasteiger partial charge is 0.545 e. The van der Waals surface area contributed by atoms with Gasteiger partial charge < -0.3 is 14.6 Å². The molecule has 3 rings (SSSR count). The van der Waals surface area contributed by atoms with Crippen LogP contribution in [0.1, 0.15) is 35.7 Å². The minimum atomic E-state index is -1.20. The number of hydrogen-bond donors (Lipinski definition) is 0. The summed E-state index contributed by atoms with van der Waals surface area (Å²) in [4.78, 5) is 16.2. The second-order valence-corrected chi connectivity index (χ2v) is 6.00. The molecule has 0 atom stereocenters. The molecule has 0 amide bonds. The SMILES string of the molecule is COc1ccc(-c2cc(C(=O)[O-])c3cc(C(C)C)ccc3n2)cc1. The van der Waals surface area contributed by atoms with Gasteiger partial charge in [-0.2, -0.15) is 0 Å². The molecule has 0 aliphatic rings. The van der Waals surface area contributed by atoms with E-state index in [2.05, 4.69) is 18.8 Å². The standard InChI is InChI=1S/C20H19NO3/c1-12(2)14-6-9-18-16(10-14)17(20(22)23)11-19(21-18)13-4-7-15(24-3)8-5-13/h4-12H,1-3H3,(H,22,23)/p-1. The van der Waals surface area contributed by atoms with E-state index < -0.39 is 5.97 Å². The first-order valence-corrected chi connectivity index (χ1v) is 7.80. The van der Waals surface area contributed by atoms with Gasteiger partial charge in [0.2, 0.25) is 0 Å². The number of carbonyl (C=O) groups is 1. The van der Waals surface area contributed by atoms with Crippen LogP contribution in [-0.2, 0) is 0 Å². The molecule has 0 saturated carbocycles. The van der Waals surface area contributed by atoms with Gasteiger partial charge in [0, 0.05) is 16.5 Å². The van der Waals surface area contributed by atoms with Gasteiger partial charge in [-0.3, -0.25) is 0 Å². The van der Waals surface area contributed by atoms with E-state index in [-0.39, 0.29) is 5.56 Å². The Bertz CT molecular complexity index is 899. The molecular formula is C20H18NO3-. The van der Waals surface area contributed by atoms with E-state index >= 15 is 0 Å². The van der Waals surface area contributed by atoms with Gasteiger partial charge in [-0.15, -0.1) is 0 Å². The average Bonchev–Trinajstić information content (AvgIpc) is 2.60. The number of aromatic nitrogens is 1. The van der Waals surface area contributed by atoms with Crippen LogP contribution in [0.25, 0.3) is 22.2 Å². The van der Waals surface area contributed by atoms with E-state index in [1.807, 2.05) is 42.5 Å². The summed E-state index contributed by atoms with van der Waals surface area (Å²) in [6.45, 7) is 4.14. The van der Waals surface area contributed by atoms with E-state index in [1.165, 1.54) is 0 Å². The number of methoxy groups -OCH3 is 1. The summed E-state index contributed by atoms with van der Waals surface area (Å²) in [6.07, 6.45) is 0. The third-order valence-electron chi connectivity index (χ3n) is 4.11. The zero-order chi connectivity index (χ0) is 17.3. The second-order valence-electron chi connectivity index (χ2n) is 6.00. The summed E-state index contributed by atoms with van der Waals surface area (Å²) in [7, 11) is 1.60. The molecular weight excluding hydrogens is 302 g/mol. The number of rotatable bonds is 4. The van der Waals surface area contributed by atoms with Gasteiger partial charge in [0.15, 0.2) is 0 Å². The summed E-state index contributed by atoms with van der Waals surface area (Å²) in [6, 6.07) is 14.7. The van der Waals surface area contributed by atoms with Crippen LogP contribution in [0.2, 0.25) is 0 Å². The highest BCUT2D eigenvalue weighted by Crippen LogP contribution is 2.28. The summed E-state index contributed by atoms with van der Waals surface area (Å²) >= 11 is 0. The van der Waals surface area contributed by atoms with E-state index in [1.54, 1.807) is 13.2 Å². The number of pyridine rings is 1. The Kier molecular flexibility index (Phi) is 4.21. The predicted molar refractivity (Wildman–Crippen MR) is 92.2 cm³/mol. The molecule has 0 saturated heterocycles. The molecule has 0 N–H and O–H groups in total. The van der Waals surface area contributed by atoms with Crippen LogP contribution in [0.4, 0.5) is 0 Å². The molecule has 0 unspecified atom stereocenters. The van der Waals surface area contributed by atoms with Crippen molar-refractivity contribution in [3.63, 3.8) is 0 Å². The molecule has 4 nitrogen and oxygen atoms in total. The minimum absolute atomic E-state index is 0.160. The fourth-order valence-corrected chi connectivity index (χ4v) is 2.68. The molecule has 0 radical (unpaired) electrons. The first-order chi connectivity index (χ1) is 11.5. The quantitative estimate of drug-likeness (QED) is 0.739. The highest BCUT2D eigenvalue weighted by molar-refractivity contribution is 6.03. The number of carbonyl (C=O) groups excluding carboxylic acids is 1. The monoisotopic (exact) mass is 320 g/mol. The van der Waals surface area contributed by atoms with Gasteiger partial charge in [0.1, 0.15) is 5.75 Å². The third-order valence-corrected chi connectivity index (χ3v) is 4.11. The van der Waals surface area contributed by atoms with E-state index in [0.29, 0.717) is 22.5 Å². The van der Waals surface area contributed by atoms with Gasteiger partial charge in [-0.05, 0) is 53.9 Å². The summed E-state index contributed by atoms with van der Waals surface area (Å²) in [5, 5.41) is 12.2. The topological polar surface area (TPSA) is 62.2 Å². The molecule has 0 bridgehead atoms. The number of aromatic carboxylic acids is 1. The Hall–Kier alpha value is -2.88. The lowest BCUT2D eigenvalue weighted by Crippen LogP contribution is -2.22. The molecule has 0 spiro atoms. The van der Waals surface area contributed by atoms with Gasteiger partial charge in [0.25, 0.3) is 0 Å². The van der Waals surface area contributed by atoms with Crippen molar-refractivity contribution >= 4 is 16.9 Å². The Balaban J connectivity index is 2.20. The maximum atomic E-state index is 11.6. The minimum Gasteiger partial charge on any atom is -0.545 e. The summed E-state index contributed by atoms with van der Waals surface area (Å²) in [5.74, 6) is -0.149. The molecule has 2 aromatic carbocycles. The van der Waals surface area contributed by atoms with Crippen molar-refractivity contribution in [2.45, 2.75) is 19.8 Å². The summed E-state index contributed by atoms with van der Waals surface area (Å²) in [5.41, 5.74) is 3.30. The average molecular weight is 320 g/mol. The number of ether oxygens (including phenoxy) is 1. The van der Waals surface area contributed by atoms with Crippen molar-refractivity contribution in [2.75, 3.05) is 7.11 Å². The number of carboxylic acids is 1. The molecule has 1 heterocycles. The van der Waals surface area contributed by atoms with Crippen molar-refractivity contribution in [3.8, 4) is 17.0 Å². The van der Waals surface area contributed by atoms with Crippen molar-refractivity contribution in [2.24, 2.45) is 0 Å². The Morgan fingerprint density at radius 1 is 1.08 bits per heavy atom. The van der Waals surface area contributed by atoms with Crippen LogP contribution >= 0.6 is 0 Å². The highest BCUT2D eigenvalue weighted by Gasteiger charge is 2.10. The molecule has 0 fully saturated rings. The molecule has 4 heteroatoms. The van der Waals surface area contributed by atoms with Gasteiger partial charge in [-0.1, -0.05) is 19.9 Å². The van der Waals surface area contributed by atoms with Gasteiger partial charge in [0.05, 0.1) is 24.3 Å². The van der Waals surface area contributed by atoms with E-state index in [4.69, 9.17) is 4.74 Å². The van der Waals surface area contributed by atoms with Crippen molar-refractivity contribution in [3.05, 3.63) is 59.7 Å². The van der Waals surface area contributed by atoms with Crippen LogP contribution in [0.5, 0.6) is 5.75 Å². The third kappa shape index (κ3) is 2.95. The molecule has 24 heavy (non-hydrogen) atoms. The first-order valence-electron chi connectivity index (χ1n) is 7.80. The Morgan fingerprint density at radius 3 is 2.38 bits per heavy atom. The normalized spacial score (nSPS) is 11.0. The number of carboxylic acid groups (broad SMARTS) is 1. The van der Waals surface area contributed by atoms with Crippen molar-refractivity contribution < 1.29 is 14.6 Å². The van der Waals surface area contributed by atoms with Gasteiger partial charge in [-0.25, -0.2) is 4.98 Å². The van der Waals surface area contributed by atoms with Crippen LogP contribution < -0.4 is 9.84 Å². The van der Waals surface area contributed by atoms with E-state index in [0.717, 1.165) is 16.9 Å². The molecule has 0 aliphatic carbocycles. The Labute approximate surface area is 140 Å². The number of hydrogen-bond acceptors (Lipinski definition) is 4. The molecule has 122 valence electrons.